The Hall–Kier alpha value is -3.98. The van der Waals surface area contributed by atoms with Crippen LogP contribution in [0.25, 0.3) is 11.3 Å². The van der Waals surface area contributed by atoms with Crippen molar-refractivity contribution in [2.45, 2.75) is 24.9 Å². The minimum Gasteiger partial charge on any atom is -0.494 e. The molecule has 1 aromatic carbocycles. The lowest BCUT2D eigenvalue weighted by molar-refractivity contribution is 0.102. The first-order valence-electron chi connectivity index (χ1n) is 10.7. The number of nitrogens with one attached hydrogen (secondary N) is 1. The maximum atomic E-state index is 14.7. The first kappa shape index (κ1) is 24.2. The van der Waals surface area contributed by atoms with Gasteiger partial charge in [-0.2, -0.15) is 0 Å². The summed E-state index contributed by atoms with van der Waals surface area (Å²) in [5.41, 5.74) is 0.703. The molecule has 1 aliphatic carbocycles. The van der Waals surface area contributed by atoms with Gasteiger partial charge in [0.2, 0.25) is 0 Å². The van der Waals surface area contributed by atoms with Crippen molar-refractivity contribution < 1.29 is 27.8 Å². The number of halogens is 3. The number of nitrogens with zero attached hydrogens (tertiary/aromatic N) is 2. The SMILES string of the molecule is C=C1CC(c2ccncc2NC(=O)c2ccc(F)c(-c3c(F)ccc(OC)c3F)n2)CC(=C)C1O. The van der Waals surface area contributed by atoms with Crippen LogP contribution in [0.1, 0.15) is 34.8 Å². The summed E-state index contributed by atoms with van der Waals surface area (Å²) in [7, 11) is 1.19. The molecule has 35 heavy (non-hydrogen) atoms. The molecule has 1 amide bonds. The van der Waals surface area contributed by atoms with Gasteiger partial charge in [-0.3, -0.25) is 9.78 Å². The van der Waals surface area contributed by atoms with E-state index in [-0.39, 0.29) is 17.4 Å². The van der Waals surface area contributed by atoms with E-state index in [1.54, 1.807) is 12.3 Å². The van der Waals surface area contributed by atoms with Crippen LogP contribution in [0.4, 0.5) is 18.9 Å². The molecule has 1 saturated carbocycles. The van der Waals surface area contributed by atoms with Crippen LogP contribution in [0.5, 0.6) is 5.75 Å². The van der Waals surface area contributed by atoms with Crippen molar-refractivity contribution >= 4 is 11.6 Å². The molecule has 1 aliphatic rings. The molecule has 180 valence electrons. The normalized spacial score (nSPS) is 17.9. The van der Waals surface area contributed by atoms with Crippen molar-refractivity contribution in [2.24, 2.45) is 0 Å². The van der Waals surface area contributed by atoms with Gasteiger partial charge in [-0.05, 0) is 65.8 Å². The van der Waals surface area contributed by atoms with E-state index < -0.39 is 40.7 Å². The molecule has 4 rings (SSSR count). The molecule has 0 spiro atoms. The summed E-state index contributed by atoms with van der Waals surface area (Å²) in [6.07, 6.45) is 3.23. The van der Waals surface area contributed by atoms with E-state index in [2.05, 4.69) is 28.4 Å². The number of amides is 1. The summed E-state index contributed by atoms with van der Waals surface area (Å²) in [6, 6.07) is 5.76. The Kier molecular flexibility index (Phi) is 6.70. The molecule has 0 radical (unpaired) electrons. The number of anilines is 1. The molecular weight excluding hydrogens is 459 g/mol. The molecule has 0 atom stereocenters. The fourth-order valence-corrected chi connectivity index (χ4v) is 4.14. The van der Waals surface area contributed by atoms with Gasteiger partial charge in [0.05, 0.1) is 30.7 Å². The van der Waals surface area contributed by atoms with Gasteiger partial charge in [0.1, 0.15) is 23.0 Å². The Bertz CT molecular complexity index is 1320. The van der Waals surface area contributed by atoms with E-state index in [0.717, 1.165) is 29.8 Å². The molecular formula is C26H22F3N3O3. The Morgan fingerprint density at radius 3 is 2.46 bits per heavy atom. The summed E-state index contributed by atoms with van der Waals surface area (Å²) in [6.45, 7) is 7.81. The summed E-state index contributed by atoms with van der Waals surface area (Å²) < 4.78 is 48.5. The zero-order valence-electron chi connectivity index (χ0n) is 18.8. The second-order valence-electron chi connectivity index (χ2n) is 8.21. The van der Waals surface area contributed by atoms with E-state index in [4.69, 9.17) is 4.74 Å². The van der Waals surface area contributed by atoms with Crippen LogP contribution in [0, 0.1) is 17.5 Å². The first-order chi connectivity index (χ1) is 16.7. The third-order valence-corrected chi connectivity index (χ3v) is 5.92. The standard InChI is InChI=1S/C26H22F3N3O3/c1-13-10-15(11-14(2)25(13)33)16-8-9-30-12-20(16)32-26(34)19-6-4-18(28)24(31-19)22-17(27)5-7-21(35-3)23(22)29/h4-9,12,15,25,33H,1-2,10-11H2,3H3,(H,32,34). The minimum atomic E-state index is -1.13. The number of rotatable bonds is 5. The molecule has 0 aliphatic heterocycles. The quantitative estimate of drug-likeness (QED) is 0.491. The number of aliphatic hydroxyl groups is 1. The van der Waals surface area contributed by atoms with Gasteiger partial charge in [-0.1, -0.05) is 13.2 Å². The Balaban J connectivity index is 1.66. The third-order valence-electron chi connectivity index (χ3n) is 5.92. The number of hydrogen-bond acceptors (Lipinski definition) is 5. The minimum absolute atomic E-state index is 0.103. The lowest BCUT2D eigenvalue weighted by atomic mass is 9.78. The fraction of sp³-hybridized carbons (Fsp3) is 0.192. The Morgan fingerprint density at radius 1 is 1.09 bits per heavy atom. The summed E-state index contributed by atoms with van der Waals surface area (Å²) in [5.74, 6) is -4.32. The average molecular weight is 481 g/mol. The molecule has 0 bridgehead atoms. The number of methoxy groups -OCH3 is 1. The zero-order valence-corrected chi connectivity index (χ0v) is 18.8. The topological polar surface area (TPSA) is 84.3 Å². The Labute approximate surface area is 199 Å². The highest BCUT2D eigenvalue weighted by Crippen LogP contribution is 2.40. The number of aromatic nitrogens is 2. The highest BCUT2D eigenvalue weighted by Gasteiger charge is 2.29. The highest BCUT2D eigenvalue weighted by molar-refractivity contribution is 6.03. The van der Waals surface area contributed by atoms with E-state index in [1.807, 2.05) is 0 Å². The number of ether oxygens (including phenoxy) is 1. The van der Waals surface area contributed by atoms with Crippen LogP contribution in [-0.2, 0) is 0 Å². The van der Waals surface area contributed by atoms with Crippen molar-refractivity contribution in [1.29, 1.82) is 0 Å². The van der Waals surface area contributed by atoms with Crippen molar-refractivity contribution in [3.8, 4) is 17.0 Å². The summed E-state index contributed by atoms with van der Waals surface area (Å²) >= 11 is 0. The van der Waals surface area contributed by atoms with Gasteiger partial charge in [-0.25, -0.2) is 18.2 Å². The fourth-order valence-electron chi connectivity index (χ4n) is 4.14. The molecule has 2 heterocycles. The van der Waals surface area contributed by atoms with E-state index in [0.29, 0.717) is 29.7 Å². The Morgan fingerprint density at radius 2 is 1.77 bits per heavy atom. The molecule has 9 heteroatoms. The second-order valence-corrected chi connectivity index (χ2v) is 8.21. The molecule has 3 aromatic rings. The maximum Gasteiger partial charge on any atom is 0.274 e. The van der Waals surface area contributed by atoms with Gasteiger partial charge in [0.25, 0.3) is 5.91 Å². The zero-order chi connectivity index (χ0) is 25.3. The van der Waals surface area contributed by atoms with Crippen LogP contribution in [-0.4, -0.2) is 34.2 Å². The lowest BCUT2D eigenvalue weighted by Gasteiger charge is -2.31. The predicted octanol–water partition coefficient (Wildman–Crippen LogP) is 5.17. The molecule has 1 fully saturated rings. The number of pyridine rings is 2. The second kappa shape index (κ2) is 9.71. The van der Waals surface area contributed by atoms with Crippen molar-refractivity contribution in [2.75, 3.05) is 12.4 Å². The first-order valence-corrected chi connectivity index (χ1v) is 10.7. The molecule has 0 saturated heterocycles. The summed E-state index contributed by atoms with van der Waals surface area (Å²) in [4.78, 5) is 21.0. The monoisotopic (exact) mass is 481 g/mol. The highest BCUT2D eigenvalue weighted by atomic mass is 19.1. The summed E-state index contributed by atoms with van der Waals surface area (Å²) in [5, 5.41) is 12.8. The number of carbonyl (C=O) groups excluding carboxylic acids is 1. The number of carbonyl (C=O) groups is 1. The van der Waals surface area contributed by atoms with E-state index >= 15 is 0 Å². The molecule has 6 nitrogen and oxygen atoms in total. The van der Waals surface area contributed by atoms with E-state index in [1.165, 1.54) is 13.3 Å². The number of benzene rings is 1. The molecule has 2 aromatic heterocycles. The van der Waals surface area contributed by atoms with Gasteiger partial charge in [0.15, 0.2) is 11.6 Å². The van der Waals surface area contributed by atoms with Gasteiger partial charge in [-0.15, -0.1) is 0 Å². The van der Waals surface area contributed by atoms with E-state index in [9.17, 15) is 23.1 Å². The van der Waals surface area contributed by atoms with Crippen LogP contribution in [0.15, 0.2) is 67.0 Å². The van der Waals surface area contributed by atoms with Crippen molar-refractivity contribution in [3.63, 3.8) is 0 Å². The third kappa shape index (κ3) is 4.67. The predicted molar refractivity (Wildman–Crippen MR) is 125 cm³/mol. The largest absolute Gasteiger partial charge is 0.494 e. The number of hydrogen-bond donors (Lipinski definition) is 2. The smallest absolute Gasteiger partial charge is 0.274 e. The molecule has 2 N–H and O–H groups in total. The lowest BCUT2D eigenvalue weighted by Crippen LogP contribution is -2.23. The van der Waals surface area contributed by atoms with Crippen LogP contribution in [0.2, 0.25) is 0 Å². The van der Waals surface area contributed by atoms with Gasteiger partial charge >= 0.3 is 0 Å². The van der Waals surface area contributed by atoms with Gasteiger partial charge in [0, 0.05) is 6.20 Å². The van der Waals surface area contributed by atoms with Gasteiger partial charge < -0.3 is 15.2 Å². The maximum absolute atomic E-state index is 14.7. The van der Waals surface area contributed by atoms with Crippen LogP contribution in [0.3, 0.4) is 0 Å². The average Bonchev–Trinajstić information content (AvgIpc) is 2.83. The number of aliphatic hydroxyl groups excluding tert-OH is 1. The van der Waals surface area contributed by atoms with Crippen molar-refractivity contribution in [1.82, 2.24) is 9.97 Å². The van der Waals surface area contributed by atoms with Crippen LogP contribution < -0.4 is 10.1 Å². The van der Waals surface area contributed by atoms with Crippen LogP contribution >= 0.6 is 0 Å². The van der Waals surface area contributed by atoms with Crippen molar-refractivity contribution in [3.05, 3.63) is 95.7 Å². The molecule has 0 unspecified atom stereocenters.